The Hall–Kier alpha value is -2.94. The summed E-state index contributed by atoms with van der Waals surface area (Å²) in [6.45, 7) is 0.290. The zero-order chi connectivity index (χ0) is 13.7. The SMILES string of the molecule is N#C/N=c1\ccccn1Cc1ccccc1[N+](=O)[O-]. The number of hydrogen-bond donors (Lipinski definition) is 0. The van der Waals surface area contributed by atoms with Gasteiger partial charge in [0.05, 0.1) is 11.5 Å². The molecule has 2 rings (SSSR count). The average Bonchev–Trinajstić information content (AvgIpc) is 2.42. The van der Waals surface area contributed by atoms with Gasteiger partial charge in [-0.3, -0.25) is 10.1 Å². The minimum absolute atomic E-state index is 0.0572. The second-order valence-electron chi connectivity index (χ2n) is 3.78. The van der Waals surface area contributed by atoms with Crippen molar-refractivity contribution in [1.29, 1.82) is 5.26 Å². The van der Waals surface area contributed by atoms with E-state index in [0.29, 0.717) is 17.6 Å². The highest BCUT2D eigenvalue weighted by Gasteiger charge is 2.12. The molecule has 1 aromatic heterocycles. The number of nitrogens with zero attached hydrogens (tertiary/aromatic N) is 4. The normalized spacial score (nSPS) is 11.0. The summed E-state index contributed by atoms with van der Waals surface area (Å²) in [6.07, 6.45) is 3.45. The molecule has 0 fully saturated rings. The van der Waals surface area contributed by atoms with Crippen LogP contribution in [0.25, 0.3) is 0 Å². The van der Waals surface area contributed by atoms with Crippen molar-refractivity contribution in [1.82, 2.24) is 4.57 Å². The van der Waals surface area contributed by atoms with Crippen molar-refractivity contribution < 1.29 is 4.92 Å². The molecule has 0 bridgehead atoms. The van der Waals surface area contributed by atoms with E-state index in [9.17, 15) is 10.1 Å². The predicted molar refractivity (Wildman–Crippen MR) is 67.8 cm³/mol. The first-order chi connectivity index (χ1) is 9.22. The molecule has 0 unspecified atom stereocenters. The smallest absolute Gasteiger partial charge is 0.274 e. The molecule has 19 heavy (non-hydrogen) atoms. The van der Waals surface area contributed by atoms with Crippen molar-refractivity contribution in [3.63, 3.8) is 0 Å². The van der Waals surface area contributed by atoms with Gasteiger partial charge in [0.25, 0.3) is 5.69 Å². The van der Waals surface area contributed by atoms with Crippen molar-refractivity contribution in [2.75, 3.05) is 0 Å². The molecule has 94 valence electrons. The van der Waals surface area contributed by atoms with Gasteiger partial charge in [-0.15, -0.1) is 0 Å². The molecule has 0 spiro atoms. The molecule has 6 nitrogen and oxygen atoms in total. The molecule has 6 heteroatoms. The van der Waals surface area contributed by atoms with Crippen molar-refractivity contribution >= 4 is 5.69 Å². The minimum atomic E-state index is -0.417. The lowest BCUT2D eigenvalue weighted by molar-refractivity contribution is -0.385. The standard InChI is InChI=1S/C13H10N4O2/c14-10-15-13-7-3-4-8-16(13)9-11-5-1-2-6-12(11)17(18)19/h1-8H,9H2/b15-13+. The molecule has 1 heterocycles. The Kier molecular flexibility index (Phi) is 3.69. The van der Waals surface area contributed by atoms with Gasteiger partial charge >= 0.3 is 0 Å². The van der Waals surface area contributed by atoms with Gasteiger partial charge in [-0.25, -0.2) is 0 Å². The van der Waals surface area contributed by atoms with E-state index in [-0.39, 0.29) is 5.69 Å². The topological polar surface area (TPSA) is 84.2 Å². The van der Waals surface area contributed by atoms with Gasteiger partial charge < -0.3 is 4.57 Å². The van der Waals surface area contributed by atoms with Crippen LogP contribution in [0.1, 0.15) is 5.56 Å². The van der Waals surface area contributed by atoms with Gasteiger partial charge in [0.15, 0.2) is 0 Å². The van der Waals surface area contributed by atoms with Gasteiger partial charge in [-0.1, -0.05) is 24.3 Å². The second-order valence-corrected chi connectivity index (χ2v) is 3.78. The van der Waals surface area contributed by atoms with E-state index < -0.39 is 4.92 Å². The number of hydrogen-bond acceptors (Lipinski definition) is 4. The van der Waals surface area contributed by atoms with Gasteiger partial charge in [-0.2, -0.15) is 10.3 Å². The van der Waals surface area contributed by atoms with E-state index >= 15 is 0 Å². The third-order valence-electron chi connectivity index (χ3n) is 2.61. The van der Waals surface area contributed by atoms with Crippen LogP contribution in [0.5, 0.6) is 0 Å². The van der Waals surface area contributed by atoms with Crippen molar-refractivity contribution in [2.45, 2.75) is 6.54 Å². The minimum Gasteiger partial charge on any atom is -0.328 e. The van der Waals surface area contributed by atoms with E-state index in [2.05, 4.69) is 4.99 Å². The van der Waals surface area contributed by atoms with Gasteiger partial charge in [-0.05, 0) is 12.1 Å². The van der Waals surface area contributed by atoms with Crippen LogP contribution in [-0.2, 0) is 6.54 Å². The molecule has 0 aliphatic carbocycles. The van der Waals surface area contributed by atoms with E-state index in [1.807, 2.05) is 0 Å². The first-order valence-electron chi connectivity index (χ1n) is 5.53. The summed E-state index contributed by atoms with van der Waals surface area (Å²) in [5.74, 6) is 0. The van der Waals surface area contributed by atoms with E-state index in [1.54, 1.807) is 53.4 Å². The van der Waals surface area contributed by atoms with Gasteiger partial charge in [0.2, 0.25) is 6.19 Å². The molecule has 0 saturated carbocycles. The number of para-hydroxylation sites is 1. The lowest BCUT2D eigenvalue weighted by atomic mass is 10.2. The lowest BCUT2D eigenvalue weighted by Gasteiger charge is -2.07. The fourth-order valence-corrected chi connectivity index (χ4v) is 1.76. The van der Waals surface area contributed by atoms with Crippen LogP contribution in [0.4, 0.5) is 5.69 Å². The number of nitriles is 1. The highest BCUT2D eigenvalue weighted by atomic mass is 16.6. The second kappa shape index (κ2) is 5.60. The Morgan fingerprint density at radius 1 is 1.26 bits per heavy atom. The van der Waals surface area contributed by atoms with E-state index in [1.165, 1.54) is 6.07 Å². The first-order valence-corrected chi connectivity index (χ1v) is 5.53. The molecule has 0 atom stereocenters. The molecule has 0 N–H and O–H groups in total. The molecule has 1 aromatic carbocycles. The summed E-state index contributed by atoms with van der Waals surface area (Å²) in [5.41, 5.74) is 1.09. The van der Waals surface area contributed by atoms with Crippen molar-refractivity contribution in [3.8, 4) is 6.19 Å². The van der Waals surface area contributed by atoms with Crippen molar-refractivity contribution in [2.24, 2.45) is 4.99 Å². The fraction of sp³-hybridized carbons (Fsp3) is 0.0769. The molecular formula is C13H10N4O2. The average molecular weight is 254 g/mol. The summed E-state index contributed by atoms with van der Waals surface area (Å²) in [7, 11) is 0. The Morgan fingerprint density at radius 3 is 2.74 bits per heavy atom. The van der Waals surface area contributed by atoms with Crippen LogP contribution in [0.2, 0.25) is 0 Å². The monoisotopic (exact) mass is 254 g/mol. The maximum atomic E-state index is 10.9. The molecule has 0 saturated heterocycles. The predicted octanol–water partition coefficient (Wildman–Crippen LogP) is 1.83. The summed E-state index contributed by atoms with van der Waals surface area (Å²) < 4.78 is 1.69. The van der Waals surface area contributed by atoms with Crippen LogP contribution in [0, 0.1) is 21.6 Å². The Balaban J connectivity index is 2.46. The number of nitro benzene ring substituents is 1. The van der Waals surface area contributed by atoms with Gasteiger partial charge in [0, 0.05) is 17.8 Å². The van der Waals surface area contributed by atoms with Gasteiger partial charge in [0.1, 0.15) is 5.49 Å². The summed E-state index contributed by atoms with van der Waals surface area (Å²) in [4.78, 5) is 14.2. The van der Waals surface area contributed by atoms with Crippen LogP contribution in [0.15, 0.2) is 53.7 Å². The van der Waals surface area contributed by atoms with Crippen molar-refractivity contribution in [3.05, 3.63) is 69.8 Å². The maximum Gasteiger partial charge on any atom is 0.274 e. The number of pyridine rings is 1. The Morgan fingerprint density at radius 2 is 2.00 bits per heavy atom. The zero-order valence-corrected chi connectivity index (χ0v) is 9.93. The summed E-state index contributed by atoms with van der Waals surface area (Å²) in [6, 6.07) is 11.7. The Labute approximate surface area is 109 Å². The van der Waals surface area contributed by atoms with E-state index in [0.717, 1.165) is 0 Å². The lowest BCUT2D eigenvalue weighted by Crippen LogP contribution is -2.20. The molecule has 0 aliphatic rings. The van der Waals surface area contributed by atoms with E-state index in [4.69, 9.17) is 5.26 Å². The summed E-state index contributed by atoms with van der Waals surface area (Å²) >= 11 is 0. The largest absolute Gasteiger partial charge is 0.328 e. The van der Waals surface area contributed by atoms with Crippen LogP contribution < -0.4 is 5.49 Å². The molecule has 0 aliphatic heterocycles. The zero-order valence-electron chi connectivity index (χ0n) is 9.93. The first kappa shape index (κ1) is 12.5. The highest BCUT2D eigenvalue weighted by Crippen LogP contribution is 2.17. The quantitative estimate of drug-likeness (QED) is 0.475. The fourth-order valence-electron chi connectivity index (χ4n) is 1.76. The maximum absolute atomic E-state index is 10.9. The Bertz CT molecular complexity index is 713. The molecule has 0 radical (unpaired) electrons. The number of benzene rings is 1. The molecular weight excluding hydrogens is 244 g/mol. The number of rotatable bonds is 3. The highest BCUT2D eigenvalue weighted by molar-refractivity contribution is 5.39. The summed E-state index contributed by atoms with van der Waals surface area (Å²) in [5, 5.41) is 19.6. The molecule has 2 aromatic rings. The number of nitro groups is 1. The van der Waals surface area contributed by atoms with Crippen LogP contribution in [0.3, 0.4) is 0 Å². The number of aromatic nitrogens is 1. The van der Waals surface area contributed by atoms with Crippen LogP contribution in [-0.4, -0.2) is 9.49 Å². The van der Waals surface area contributed by atoms with Crippen LogP contribution >= 0.6 is 0 Å². The third-order valence-corrected chi connectivity index (χ3v) is 2.61. The molecule has 0 amide bonds. The third kappa shape index (κ3) is 2.84.